The number of ether oxygens (including phenoxy) is 1. The monoisotopic (exact) mass is 484 g/mol. The molecule has 4 aromatic rings. The molecule has 36 heavy (non-hydrogen) atoms. The Balaban J connectivity index is 1.38. The van der Waals surface area contributed by atoms with Gasteiger partial charge in [0, 0.05) is 31.6 Å². The second kappa shape index (κ2) is 11.6. The standard InChI is InChI=1S/C29H32N4O3/c1-20-21(2)33(18-24-7-5-4-6-8-24)29-27(20)28(31-19-32-29)30-16-15-22-9-11-23(12-10-22)17-25(34)13-14-26(35)36-3/h4-12,19H,13-18H2,1-3H3,(H,30,31,32). The Hall–Kier alpha value is -4.00. The lowest BCUT2D eigenvalue weighted by Crippen LogP contribution is -2.09. The van der Waals surface area contributed by atoms with Crippen LogP contribution in [0, 0.1) is 13.8 Å². The van der Waals surface area contributed by atoms with Crippen molar-refractivity contribution < 1.29 is 14.3 Å². The highest BCUT2D eigenvalue weighted by atomic mass is 16.5. The van der Waals surface area contributed by atoms with E-state index in [4.69, 9.17) is 0 Å². The number of nitrogens with zero attached hydrogens (tertiary/aromatic N) is 3. The van der Waals surface area contributed by atoms with Crippen LogP contribution in [0.15, 0.2) is 60.9 Å². The van der Waals surface area contributed by atoms with Gasteiger partial charge in [-0.1, -0.05) is 54.6 Å². The molecule has 4 rings (SSSR count). The van der Waals surface area contributed by atoms with E-state index in [9.17, 15) is 9.59 Å². The van der Waals surface area contributed by atoms with Gasteiger partial charge in [0.2, 0.25) is 0 Å². The quantitative estimate of drug-likeness (QED) is 0.307. The Kier molecular flexibility index (Phi) is 8.10. The van der Waals surface area contributed by atoms with Crippen LogP contribution in [0.3, 0.4) is 0 Å². The first-order valence-corrected chi connectivity index (χ1v) is 12.2. The third kappa shape index (κ3) is 5.97. The molecule has 7 heteroatoms. The van der Waals surface area contributed by atoms with Gasteiger partial charge in [0.15, 0.2) is 0 Å². The molecule has 0 bridgehead atoms. The molecule has 2 aromatic carbocycles. The van der Waals surface area contributed by atoms with Crippen LogP contribution in [0.25, 0.3) is 11.0 Å². The van der Waals surface area contributed by atoms with Gasteiger partial charge in [-0.15, -0.1) is 0 Å². The predicted octanol–water partition coefficient (Wildman–Crippen LogP) is 4.82. The molecule has 0 amide bonds. The third-order valence-corrected chi connectivity index (χ3v) is 6.56. The van der Waals surface area contributed by atoms with Crippen molar-refractivity contribution in [2.45, 2.75) is 46.1 Å². The van der Waals surface area contributed by atoms with E-state index in [0.717, 1.165) is 41.9 Å². The number of aromatic nitrogens is 3. The molecule has 0 aliphatic rings. The number of benzene rings is 2. The Bertz CT molecular complexity index is 1340. The number of rotatable bonds is 11. The van der Waals surface area contributed by atoms with Crippen LogP contribution < -0.4 is 5.32 Å². The molecule has 0 saturated heterocycles. The van der Waals surface area contributed by atoms with E-state index in [2.05, 4.69) is 62.7 Å². The van der Waals surface area contributed by atoms with Crippen molar-refractivity contribution in [2.24, 2.45) is 0 Å². The van der Waals surface area contributed by atoms with Gasteiger partial charge in [0.1, 0.15) is 23.6 Å². The number of ketones is 1. The van der Waals surface area contributed by atoms with Crippen LogP contribution in [-0.4, -0.2) is 39.9 Å². The number of esters is 1. The van der Waals surface area contributed by atoms with E-state index < -0.39 is 0 Å². The summed E-state index contributed by atoms with van der Waals surface area (Å²) >= 11 is 0. The highest BCUT2D eigenvalue weighted by molar-refractivity contribution is 5.92. The number of nitrogens with one attached hydrogen (secondary N) is 1. The number of methoxy groups -OCH3 is 1. The van der Waals surface area contributed by atoms with E-state index in [1.54, 1.807) is 6.33 Å². The van der Waals surface area contributed by atoms with Crippen molar-refractivity contribution in [3.05, 3.63) is 88.9 Å². The van der Waals surface area contributed by atoms with Crippen molar-refractivity contribution in [1.82, 2.24) is 14.5 Å². The lowest BCUT2D eigenvalue weighted by Gasteiger charge is -2.09. The van der Waals surface area contributed by atoms with E-state index >= 15 is 0 Å². The number of fused-ring (bicyclic) bond motifs is 1. The highest BCUT2D eigenvalue weighted by Gasteiger charge is 2.16. The van der Waals surface area contributed by atoms with Gasteiger partial charge in [-0.3, -0.25) is 9.59 Å². The smallest absolute Gasteiger partial charge is 0.305 e. The third-order valence-electron chi connectivity index (χ3n) is 6.56. The lowest BCUT2D eigenvalue weighted by molar-refractivity contribution is -0.141. The molecule has 2 aromatic heterocycles. The number of hydrogen-bond acceptors (Lipinski definition) is 6. The average molecular weight is 485 g/mol. The van der Waals surface area contributed by atoms with E-state index in [1.807, 2.05) is 30.3 Å². The maximum absolute atomic E-state index is 12.1. The summed E-state index contributed by atoms with van der Waals surface area (Å²) in [4.78, 5) is 32.4. The van der Waals surface area contributed by atoms with E-state index in [1.165, 1.54) is 29.5 Å². The summed E-state index contributed by atoms with van der Waals surface area (Å²) in [5, 5.41) is 4.56. The number of hydrogen-bond donors (Lipinski definition) is 1. The lowest BCUT2D eigenvalue weighted by atomic mass is 10.0. The fourth-order valence-corrected chi connectivity index (χ4v) is 4.37. The SMILES string of the molecule is COC(=O)CCC(=O)Cc1ccc(CCNc2ncnc3c2c(C)c(C)n3Cc2ccccc2)cc1. The molecule has 186 valence electrons. The van der Waals surface area contributed by atoms with E-state index in [0.29, 0.717) is 6.42 Å². The van der Waals surface area contributed by atoms with Gasteiger partial charge in [-0.2, -0.15) is 0 Å². The van der Waals surface area contributed by atoms with Gasteiger partial charge >= 0.3 is 5.97 Å². The van der Waals surface area contributed by atoms with Crippen LogP contribution in [0.2, 0.25) is 0 Å². The number of Topliss-reactive ketones (excluding diaryl/α,β-unsaturated/α-hetero) is 1. The minimum Gasteiger partial charge on any atom is -0.469 e. The minimum atomic E-state index is -0.356. The van der Waals surface area contributed by atoms with Gasteiger partial charge in [-0.25, -0.2) is 9.97 Å². The number of aryl methyl sites for hydroxylation is 1. The zero-order chi connectivity index (χ0) is 25.5. The molecule has 0 atom stereocenters. The topological polar surface area (TPSA) is 86.1 Å². The molecule has 0 aliphatic heterocycles. The zero-order valence-electron chi connectivity index (χ0n) is 21.1. The molecule has 0 fully saturated rings. The molecule has 1 N–H and O–H groups in total. The van der Waals surface area contributed by atoms with Gasteiger partial charge in [-0.05, 0) is 42.5 Å². The Morgan fingerprint density at radius 1 is 0.917 bits per heavy atom. The fourth-order valence-electron chi connectivity index (χ4n) is 4.37. The van der Waals surface area contributed by atoms with Crippen molar-refractivity contribution in [2.75, 3.05) is 19.0 Å². The first kappa shape index (κ1) is 25.1. The fraction of sp³-hybridized carbons (Fsp3) is 0.310. The molecule has 0 radical (unpaired) electrons. The molecule has 7 nitrogen and oxygen atoms in total. The minimum absolute atomic E-state index is 0.0347. The number of anilines is 1. The van der Waals surface area contributed by atoms with Crippen molar-refractivity contribution in [1.29, 1.82) is 0 Å². The van der Waals surface area contributed by atoms with E-state index in [-0.39, 0.29) is 24.6 Å². The van der Waals surface area contributed by atoms with Crippen LogP contribution in [0.5, 0.6) is 0 Å². The maximum Gasteiger partial charge on any atom is 0.305 e. The average Bonchev–Trinajstić information content (AvgIpc) is 3.14. The summed E-state index contributed by atoms with van der Waals surface area (Å²) in [5.74, 6) is 0.526. The second-order valence-corrected chi connectivity index (χ2v) is 8.99. The molecule has 0 unspecified atom stereocenters. The first-order chi connectivity index (χ1) is 17.5. The highest BCUT2D eigenvalue weighted by Crippen LogP contribution is 2.29. The van der Waals surface area contributed by atoms with Gasteiger partial charge in [0.05, 0.1) is 18.9 Å². The summed E-state index contributed by atoms with van der Waals surface area (Å²) in [7, 11) is 1.33. The Morgan fingerprint density at radius 2 is 1.64 bits per heavy atom. The first-order valence-electron chi connectivity index (χ1n) is 12.2. The maximum atomic E-state index is 12.1. The summed E-state index contributed by atoms with van der Waals surface area (Å²) in [6, 6.07) is 18.4. The van der Waals surface area contributed by atoms with Crippen LogP contribution in [-0.2, 0) is 33.7 Å². The molecular formula is C29H32N4O3. The summed E-state index contributed by atoms with van der Waals surface area (Å²) in [5.41, 5.74) is 6.67. The molecule has 0 spiro atoms. The molecule has 0 aliphatic carbocycles. The second-order valence-electron chi connectivity index (χ2n) is 8.99. The molecule has 0 saturated carbocycles. The number of carbonyl (C=O) groups is 2. The van der Waals surface area contributed by atoms with Crippen LogP contribution >= 0.6 is 0 Å². The molecule has 2 heterocycles. The van der Waals surface area contributed by atoms with Crippen molar-refractivity contribution in [3.8, 4) is 0 Å². The van der Waals surface area contributed by atoms with Crippen molar-refractivity contribution >= 4 is 28.6 Å². The summed E-state index contributed by atoms with van der Waals surface area (Å²) < 4.78 is 6.84. The van der Waals surface area contributed by atoms with Crippen molar-refractivity contribution in [3.63, 3.8) is 0 Å². The van der Waals surface area contributed by atoms with Crippen LogP contribution in [0.4, 0.5) is 5.82 Å². The Morgan fingerprint density at radius 3 is 2.36 bits per heavy atom. The normalized spacial score (nSPS) is 11.0. The zero-order valence-corrected chi connectivity index (χ0v) is 21.1. The van der Waals surface area contributed by atoms with Gasteiger partial charge < -0.3 is 14.6 Å². The summed E-state index contributed by atoms with van der Waals surface area (Å²) in [6.45, 7) is 5.75. The predicted molar refractivity (Wildman–Crippen MR) is 141 cm³/mol. The van der Waals surface area contributed by atoms with Gasteiger partial charge in [0.25, 0.3) is 0 Å². The summed E-state index contributed by atoms with van der Waals surface area (Å²) in [6.07, 6.45) is 3.11. The Labute approximate surface area is 211 Å². The van der Waals surface area contributed by atoms with Crippen LogP contribution in [0.1, 0.15) is 40.8 Å². The number of carbonyl (C=O) groups excluding carboxylic acids is 2. The molecular weight excluding hydrogens is 452 g/mol. The largest absolute Gasteiger partial charge is 0.469 e.